The van der Waals surface area contributed by atoms with Gasteiger partial charge in [-0.15, -0.1) is 0 Å². The second-order valence-electron chi connectivity index (χ2n) is 8.37. The molecule has 2 atom stereocenters. The van der Waals surface area contributed by atoms with Crippen LogP contribution in [-0.2, 0) is 11.2 Å². The van der Waals surface area contributed by atoms with E-state index in [2.05, 4.69) is 9.97 Å². The number of Topliss-reactive ketones (excluding diaryl/α,β-unsaturated/α-hetero) is 1. The third-order valence-corrected chi connectivity index (χ3v) is 5.98. The molecule has 2 aliphatic rings. The van der Waals surface area contributed by atoms with Crippen LogP contribution in [0.2, 0.25) is 0 Å². The molecule has 0 unspecified atom stereocenters. The first kappa shape index (κ1) is 22.2. The highest BCUT2D eigenvalue weighted by atomic mass is 19.1. The van der Waals surface area contributed by atoms with Crippen molar-refractivity contribution in [2.24, 2.45) is 0 Å². The van der Waals surface area contributed by atoms with E-state index in [0.717, 1.165) is 0 Å². The van der Waals surface area contributed by atoms with Crippen molar-refractivity contribution < 1.29 is 18.7 Å². The first-order chi connectivity index (χ1) is 15.5. The van der Waals surface area contributed by atoms with Gasteiger partial charge in [-0.2, -0.15) is 0 Å². The maximum atomic E-state index is 14.8. The number of ether oxygens (including phenoxy) is 1. The van der Waals surface area contributed by atoms with Gasteiger partial charge in [0.2, 0.25) is 0 Å². The molecule has 2 aromatic heterocycles. The molecule has 0 spiro atoms. The average Bonchev–Trinajstić information content (AvgIpc) is 3.60. The largest absolute Gasteiger partial charge is 0.492 e. The van der Waals surface area contributed by atoms with E-state index in [1.807, 2.05) is 19.1 Å². The molecule has 1 aliphatic heterocycles. The van der Waals surface area contributed by atoms with Crippen LogP contribution in [0.5, 0.6) is 5.75 Å². The number of urea groups is 1. The van der Waals surface area contributed by atoms with E-state index in [1.54, 1.807) is 31.5 Å². The molecule has 0 aromatic carbocycles. The number of anilines is 1. The van der Waals surface area contributed by atoms with Crippen LogP contribution in [-0.4, -0.2) is 58.6 Å². The molecule has 2 amide bonds. The standard InChI is InChI=1S/C24H29FN4O3/c1-3-21(25)22-15-29(23-8-7-20(13-27-23)32-4-2)24(31)28(22)14-19(30)12-18-11-17(9-10-26-18)16-5-6-16/h7-11,13,16,21-22H,3-6,12,14-15H2,1-2H3/t21-,22+/m0/s1. The number of rotatable bonds is 10. The Kier molecular flexibility index (Phi) is 6.67. The van der Waals surface area contributed by atoms with Crippen molar-refractivity contribution in [1.82, 2.24) is 14.9 Å². The number of hydrogen-bond acceptors (Lipinski definition) is 5. The maximum absolute atomic E-state index is 14.8. The summed E-state index contributed by atoms with van der Waals surface area (Å²) in [5.74, 6) is 1.43. The molecule has 7 nitrogen and oxygen atoms in total. The quantitative estimate of drug-likeness (QED) is 0.560. The van der Waals surface area contributed by atoms with E-state index in [-0.39, 0.29) is 31.7 Å². The predicted octanol–water partition coefficient (Wildman–Crippen LogP) is 3.92. The second-order valence-corrected chi connectivity index (χ2v) is 8.37. The van der Waals surface area contributed by atoms with Gasteiger partial charge in [-0.1, -0.05) is 6.92 Å². The molecule has 4 rings (SSSR count). The number of nitrogens with zero attached hydrogens (tertiary/aromatic N) is 4. The molecule has 32 heavy (non-hydrogen) atoms. The van der Waals surface area contributed by atoms with E-state index < -0.39 is 18.2 Å². The lowest BCUT2D eigenvalue weighted by Gasteiger charge is -2.24. The minimum Gasteiger partial charge on any atom is -0.492 e. The van der Waals surface area contributed by atoms with Crippen LogP contribution >= 0.6 is 0 Å². The van der Waals surface area contributed by atoms with Gasteiger partial charge >= 0.3 is 6.03 Å². The molecular formula is C24H29FN4O3. The van der Waals surface area contributed by atoms with Gasteiger partial charge in [-0.3, -0.25) is 14.7 Å². The molecule has 1 aliphatic carbocycles. The SMILES string of the molecule is CCOc1ccc(N2C[C@H]([C@@H](F)CC)N(CC(=O)Cc3cc(C4CC4)ccn3)C2=O)nc1. The van der Waals surface area contributed by atoms with E-state index in [1.165, 1.54) is 28.2 Å². The monoisotopic (exact) mass is 440 g/mol. The van der Waals surface area contributed by atoms with E-state index in [4.69, 9.17) is 4.74 Å². The summed E-state index contributed by atoms with van der Waals surface area (Å²) in [5.41, 5.74) is 1.90. The Morgan fingerprint density at radius 2 is 2.06 bits per heavy atom. The summed E-state index contributed by atoms with van der Waals surface area (Å²) in [6.45, 7) is 4.13. The van der Waals surface area contributed by atoms with Gasteiger partial charge in [-0.05, 0) is 61.9 Å². The summed E-state index contributed by atoms with van der Waals surface area (Å²) in [5, 5.41) is 0. The van der Waals surface area contributed by atoms with Crippen LogP contribution in [0.15, 0.2) is 36.7 Å². The fourth-order valence-electron chi connectivity index (χ4n) is 4.11. The maximum Gasteiger partial charge on any atom is 0.326 e. The Hall–Kier alpha value is -3.03. The van der Waals surface area contributed by atoms with Gasteiger partial charge in [-0.25, -0.2) is 14.2 Å². The van der Waals surface area contributed by atoms with Gasteiger partial charge in [0.15, 0.2) is 5.78 Å². The lowest BCUT2D eigenvalue weighted by atomic mass is 10.1. The van der Waals surface area contributed by atoms with Crippen molar-refractivity contribution in [3.05, 3.63) is 47.9 Å². The zero-order valence-electron chi connectivity index (χ0n) is 18.5. The molecular weight excluding hydrogens is 411 g/mol. The van der Waals surface area contributed by atoms with Gasteiger partial charge in [0, 0.05) is 11.9 Å². The number of hydrogen-bond donors (Lipinski definition) is 0. The lowest BCUT2D eigenvalue weighted by molar-refractivity contribution is -0.119. The molecule has 170 valence electrons. The highest BCUT2D eigenvalue weighted by Gasteiger charge is 2.43. The van der Waals surface area contributed by atoms with Gasteiger partial charge in [0.25, 0.3) is 0 Å². The third kappa shape index (κ3) is 4.89. The van der Waals surface area contributed by atoms with Crippen LogP contribution < -0.4 is 9.64 Å². The van der Waals surface area contributed by atoms with Crippen molar-refractivity contribution in [1.29, 1.82) is 0 Å². The normalized spacial score (nSPS) is 19.3. The van der Waals surface area contributed by atoms with Crippen LogP contribution in [0, 0.1) is 0 Å². The second kappa shape index (κ2) is 9.63. The zero-order chi connectivity index (χ0) is 22.7. The number of carbonyl (C=O) groups is 2. The number of ketones is 1. The Labute approximate surface area is 187 Å². The zero-order valence-corrected chi connectivity index (χ0v) is 18.5. The molecule has 1 saturated heterocycles. The molecule has 8 heteroatoms. The van der Waals surface area contributed by atoms with E-state index >= 15 is 0 Å². The fourth-order valence-corrected chi connectivity index (χ4v) is 4.11. The van der Waals surface area contributed by atoms with Crippen LogP contribution in [0.4, 0.5) is 15.0 Å². The number of amides is 2. The minimum atomic E-state index is -1.23. The van der Waals surface area contributed by atoms with Gasteiger partial charge in [0.1, 0.15) is 17.7 Å². The molecule has 3 heterocycles. The Morgan fingerprint density at radius 1 is 1.25 bits per heavy atom. The first-order valence-electron chi connectivity index (χ1n) is 11.3. The van der Waals surface area contributed by atoms with E-state index in [9.17, 15) is 14.0 Å². The van der Waals surface area contributed by atoms with Crippen molar-refractivity contribution in [3.8, 4) is 5.75 Å². The van der Waals surface area contributed by atoms with Crippen molar-refractivity contribution in [2.45, 2.75) is 57.7 Å². The highest BCUT2D eigenvalue weighted by molar-refractivity contribution is 5.97. The summed E-state index contributed by atoms with van der Waals surface area (Å²) >= 11 is 0. The van der Waals surface area contributed by atoms with Crippen LogP contribution in [0.1, 0.15) is 50.3 Å². The summed E-state index contributed by atoms with van der Waals surface area (Å²) in [6, 6.07) is 6.26. The Morgan fingerprint density at radius 3 is 2.72 bits per heavy atom. The molecule has 1 saturated carbocycles. The van der Waals surface area contributed by atoms with Crippen molar-refractivity contribution >= 4 is 17.6 Å². The number of aromatic nitrogens is 2. The predicted molar refractivity (Wildman–Crippen MR) is 119 cm³/mol. The number of pyridine rings is 2. The van der Waals surface area contributed by atoms with Crippen molar-refractivity contribution in [2.75, 3.05) is 24.6 Å². The average molecular weight is 441 g/mol. The number of alkyl halides is 1. The lowest BCUT2D eigenvalue weighted by Crippen LogP contribution is -2.43. The van der Waals surface area contributed by atoms with Crippen LogP contribution in [0.3, 0.4) is 0 Å². The highest BCUT2D eigenvalue weighted by Crippen LogP contribution is 2.40. The molecule has 2 fully saturated rings. The smallest absolute Gasteiger partial charge is 0.326 e. The molecule has 0 radical (unpaired) electrons. The summed E-state index contributed by atoms with van der Waals surface area (Å²) in [7, 11) is 0. The molecule has 0 N–H and O–H groups in total. The van der Waals surface area contributed by atoms with Gasteiger partial charge in [0.05, 0.1) is 38.4 Å². The molecule has 0 bridgehead atoms. The number of carbonyl (C=O) groups excluding carboxylic acids is 2. The van der Waals surface area contributed by atoms with Crippen LogP contribution in [0.25, 0.3) is 0 Å². The summed E-state index contributed by atoms with van der Waals surface area (Å²) < 4.78 is 20.2. The first-order valence-corrected chi connectivity index (χ1v) is 11.3. The van der Waals surface area contributed by atoms with Gasteiger partial charge < -0.3 is 9.64 Å². The Bertz CT molecular complexity index is 964. The fraction of sp³-hybridized carbons (Fsp3) is 0.500. The summed E-state index contributed by atoms with van der Waals surface area (Å²) in [4.78, 5) is 37.3. The summed E-state index contributed by atoms with van der Waals surface area (Å²) in [6.07, 6.45) is 4.78. The minimum absolute atomic E-state index is 0.126. The molecule has 2 aromatic rings. The Balaban J connectivity index is 1.47. The van der Waals surface area contributed by atoms with E-state index in [0.29, 0.717) is 29.8 Å². The third-order valence-electron chi connectivity index (χ3n) is 5.98. The number of halogens is 1. The van der Waals surface area contributed by atoms with Crippen molar-refractivity contribution in [3.63, 3.8) is 0 Å². The topological polar surface area (TPSA) is 75.6 Å².